The summed E-state index contributed by atoms with van der Waals surface area (Å²) in [6.45, 7) is 0. The van der Waals surface area contributed by atoms with Gasteiger partial charge in [0.2, 0.25) is 0 Å². The molecule has 1 N–H and O–H groups in total. The summed E-state index contributed by atoms with van der Waals surface area (Å²) >= 11 is 0. The van der Waals surface area contributed by atoms with Crippen molar-refractivity contribution >= 4 is 23.0 Å². The summed E-state index contributed by atoms with van der Waals surface area (Å²) < 4.78 is 1.73. The van der Waals surface area contributed by atoms with Crippen LogP contribution in [-0.2, 0) is 0 Å². The number of aromatic nitrogens is 5. The van der Waals surface area contributed by atoms with Gasteiger partial charge in [-0.3, -0.25) is 4.98 Å². The second kappa shape index (κ2) is 7.87. The monoisotopic (exact) mass is 407 g/mol. The zero-order valence-corrected chi connectivity index (χ0v) is 17.3. The van der Waals surface area contributed by atoms with Crippen molar-refractivity contribution in [3.8, 4) is 22.6 Å². The minimum absolute atomic E-state index is 0.521. The van der Waals surface area contributed by atoms with Crippen molar-refractivity contribution < 1.29 is 0 Å². The van der Waals surface area contributed by atoms with Crippen LogP contribution in [0.4, 0.5) is 17.2 Å². The van der Waals surface area contributed by atoms with Gasteiger partial charge < -0.3 is 10.2 Å². The van der Waals surface area contributed by atoms with E-state index in [-0.39, 0.29) is 0 Å². The SMILES string of the molecule is CN(C)c1ccc(Nc2cc(-c3ccccc3)nc3nc(-c4cccnc4)nn23)cc1. The van der Waals surface area contributed by atoms with E-state index in [9.17, 15) is 0 Å². The Labute approximate surface area is 180 Å². The number of hydrogen-bond donors (Lipinski definition) is 1. The summed E-state index contributed by atoms with van der Waals surface area (Å²) in [5.74, 6) is 1.88. The molecule has 152 valence electrons. The fourth-order valence-corrected chi connectivity index (χ4v) is 3.32. The van der Waals surface area contributed by atoms with Gasteiger partial charge in [0.05, 0.1) is 5.69 Å². The third kappa shape index (κ3) is 3.81. The van der Waals surface area contributed by atoms with E-state index in [2.05, 4.69) is 32.3 Å². The van der Waals surface area contributed by atoms with E-state index in [0.717, 1.165) is 34.0 Å². The zero-order chi connectivity index (χ0) is 21.2. The first kappa shape index (κ1) is 18.7. The number of rotatable bonds is 5. The molecule has 0 unspecified atom stereocenters. The summed E-state index contributed by atoms with van der Waals surface area (Å²) in [5.41, 5.74) is 4.77. The summed E-state index contributed by atoms with van der Waals surface area (Å²) in [5, 5.41) is 8.17. The molecule has 0 saturated carbocycles. The maximum atomic E-state index is 4.75. The number of nitrogens with one attached hydrogen (secondary N) is 1. The topological polar surface area (TPSA) is 71.2 Å². The molecule has 0 amide bonds. The molecule has 2 aromatic carbocycles. The smallest absolute Gasteiger partial charge is 0.255 e. The van der Waals surface area contributed by atoms with Gasteiger partial charge >= 0.3 is 0 Å². The van der Waals surface area contributed by atoms with Gasteiger partial charge in [-0.05, 0) is 36.4 Å². The second-order valence-corrected chi connectivity index (χ2v) is 7.35. The average molecular weight is 407 g/mol. The number of pyridine rings is 1. The third-order valence-electron chi connectivity index (χ3n) is 4.96. The van der Waals surface area contributed by atoms with E-state index in [4.69, 9.17) is 10.1 Å². The molecule has 0 fully saturated rings. The predicted octanol–water partition coefficient (Wildman–Crippen LogP) is 4.66. The van der Waals surface area contributed by atoms with Gasteiger partial charge in [0.1, 0.15) is 5.82 Å². The van der Waals surface area contributed by atoms with Crippen LogP contribution in [0.15, 0.2) is 85.2 Å². The lowest BCUT2D eigenvalue weighted by Gasteiger charge is -2.14. The summed E-state index contributed by atoms with van der Waals surface area (Å²) in [6.07, 6.45) is 3.48. The lowest BCUT2D eigenvalue weighted by atomic mass is 10.1. The fourth-order valence-electron chi connectivity index (χ4n) is 3.32. The highest BCUT2D eigenvalue weighted by molar-refractivity contribution is 5.70. The predicted molar refractivity (Wildman–Crippen MR) is 124 cm³/mol. The molecule has 0 aliphatic heterocycles. The van der Waals surface area contributed by atoms with E-state index >= 15 is 0 Å². The number of nitrogens with zero attached hydrogens (tertiary/aromatic N) is 6. The standard InChI is InChI=1S/C24H21N7/c1-30(2)20-12-10-19(11-13-20)26-22-15-21(17-7-4-3-5-8-17)27-24-28-23(29-31(22)24)18-9-6-14-25-16-18/h3-16,26H,1-2H3. The molecule has 0 aliphatic rings. The number of fused-ring (bicyclic) bond motifs is 1. The van der Waals surface area contributed by atoms with Crippen LogP contribution in [0, 0.1) is 0 Å². The fraction of sp³-hybridized carbons (Fsp3) is 0.0833. The van der Waals surface area contributed by atoms with E-state index < -0.39 is 0 Å². The Kier molecular flexibility index (Phi) is 4.76. The van der Waals surface area contributed by atoms with E-state index in [0.29, 0.717) is 11.6 Å². The summed E-state index contributed by atoms with van der Waals surface area (Å²) in [7, 11) is 4.05. The van der Waals surface area contributed by atoms with E-state index in [1.54, 1.807) is 16.9 Å². The second-order valence-electron chi connectivity index (χ2n) is 7.35. The molecule has 7 nitrogen and oxygen atoms in total. The molecule has 5 aromatic rings. The number of anilines is 3. The molecule has 0 atom stereocenters. The van der Waals surface area contributed by atoms with Crippen LogP contribution < -0.4 is 10.2 Å². The Hall–Kier alpha value is -4.26. The minimum Gasteiger partial charge on any atom is -0.378 e. The molecular formula is C24H21N7. The van der Waals surface area contributed by atoms with E-state index in [1.807, 2.05) is 74.8 Å². The molecule has 0 bridgehead atoms. The first-order chi connectivity index (χ1) is 15.2. The summed E-state index contributed by atoms with van der Waals surface area (Å²) in [6, 6.07) is 24.1. The molecule has 3 heterocycles. The largest absolute Gasteiger partial charge is 0.378 e. The van der Waals surface area contributed by atoms with Gasteiger partial charge in [0.15, 0.2) is 5.82 Å². The number of benzene rings is 2. The zero-order valence-electron chi connectivity index (χ0n) is 17.3. The Bertz CT molecular complexity index is 1310. The Morgan fingerprint density at radius 1 is 0.839 bits per heavy atom. The Balaban J connectivity index is 1.62. The van der Waals surface area contributed by atoms with Gasteiger partial charge in [0, 0.05) is 55.1 Å². The van der Waals surface area contributed by atoms with Crippen molar-refractivity contribution in [2.24, 2.45) is 0 Å². The maximum Gasteiger partial charge on any atom is 0.255 e. The average Bonchev–Trinajstić information content (AvgIpc) is 3.25. The van der Waals surface area contributed by atoms with Crippen molar-refractivity contribution in [3.63, 3.8) is 0 Å². The molecule has 0 spiro atoms. The highest BCUT2D eigenvalue weighted by Gasteiger charge is 2.14. The maximum absolute atomic E-state index is 4.75. The van der Waals surface area contributed by atoms with Crippen molar-refractivity contribution in [1.82, 2.24) is 24.6 Å². The van der Waals surface area contributed by atoms with Gasteiger partial charge in [-0.15, -0.1) is 5.10 Å². The molecule has 7 heteroatoms. The third-order valence-corrected chi connectivity index (χ3v) is 4.96. The van der Waals surface area contributed by atoms with Crippen LogP contribution in [-0.4, -0.2) is 38.7 Å². The van der Waals surface area contributed by atoms with Gasteiger partial charge in [-0.1, -0.05) is 30.3 Å². The van der Waals surface area contributed by atoms with Crippen LogP contribution in [0.3, 0.4) is 0 Å². The minimum atomic E-state index is 0.521. The first-order valence-electron chi connectivity index (χ1n) is 9.95. The van der Waals surface area contributed by atoms with Gasteiger partial charge in [-0.2, -0.15) is 9.50 Å². The Morgan fingerprint density at radius 3 is 2.32 bits per heavy atom. The van der Waals surface area contributed by atoms with Crippen molar-refractivity contribution in [2.45, 2.75) is 0 Å². The van der Waals surface area contributed by atoms with Crippen LogP contribution in [0.2, 0.25) is 0 Å². The number of hydrogen-bond acceptors (Lipinski definition) is 6. The van der Waals surface area contributed by atoms with Crippen LogP contribution in [0.25, 0.3) is 28.4 Å². The van der Waals surface area contributed by atoms with Crippen LogP contribution >= 0.6 is 0 Å². The highest BCUT2D eigenvalue weighted by atomic mass is 15.4. The van der Waals surface area contributed by atoms with Crippen molar-refractivity contribution in [2.75, 3.05) is 24.3 Å². The lowest BCUT2D eigenvalue weighted by molar-refractivity contribution is 0.951. The van der Waals surface area contributed by atoms with Gasteiger partial charge in [0.25, 0.3) is 5.78 Å². The molecular weight excluding hydrogens is 386 g/mol. The normalized spacial score (nSPS) is 10.9. The van der Waals surface area contributed by atoms with E-state index in [1.165, 1.54) is 0 Å². The van der Waals surface area contributed by atoms with Crippen molar-refractivity contribution in [1.29, 1.82) is 0 Å². The molecule has 0 radical (unpaired) electrons. The van der Waals surface area contributed by atoms with Crippen molar-refractivity contribution in [3.05, 3.63) is 85.2 Å². The molecule has 5 rings (SSSR count). The Morgan fingerprint density at radius 2 is 1.61 bits per heavy atom. The quantitative estimate of drug-likeness (QED) is 0.457. The molecule has 0 saturated heterocycles. The highest BCUT2D eigenvalue weighted by Crippen LogP contribution is 2.26. The van der Waals surface area contributed by atoms with Crippen LogP contribution in [0.5, 0.6) is 0 Å². The lowest BCUT2D eigenvalue weighted by Crippen LogP contribution is -2.08. The molecule has 0 aliphatic carbocycles. The van der Waals surface area contributed by atoms with Crippen LogP contribution in [0.1, 0.15) is 0 Å². The van der Waals surface area contributed by atoms with Gasteiger partial charge in [-0.25, -0.2) is 4.98 Å². The summed E-state index contributed by atoms with van der Waals surface area (Å²) in [4.78, 5) is 15.7. The molecule has 31 heavy (non-hydrogen) atoms. The molecule has 3 aromatic heterocycles. The first-order valence-corrected chi connectivity index (χ1v) is 9.95.